The molecule has 1 aromatic rings. The average molecular weight is 318 g/mol. The first kappa shape index (κ1) is 15.2. The number of hydrogen-bond donors (Lipinski definition) is 1. The Hall–Kier alpha value is -1.67. The van der Waals surface area contributed by atoms with Gasteiger partial charge in [0.2, 0.25) is 0 Å². The van der Waals surface area contributed by atoms with Gasteiger partial charge in [0.15, 0.2) is 0 Å². The van der Waals surface area contributed by atoms with Gasteiger partial charge < -0.3 is 15.0 Å². The molecule has 2 fully saturated rings. The summed E-state index contributed by atoms with van der Waals surface area (Å²) >= 11 is 0. The van der Waals surface area contributed by atoms with Crippen molar-refractivity contribution in [1.82, 2.24) is 10.2 Å². The van der Waals surface area contributed by atoms with Gasteiger partial charge in [0.25, 0.3) is 5.91 Å². The lowest BCUT2D eigenvalue weighted by Crippen LogP contribution is -2.53. The Morgan fingerprint density at radius 2 is 2.09 bits per heavy atom. The molecule has 1 amide bonds. The number of carbonyl (C=O) groups is 1. The fourth-order valence-electron chi connectivity index (χ4n) is 2.91. The molecule has 2 aliphatic heterocycles. The van der Waals surface area contributed by atoms with Crippen LogP contribution in [0.25, 0.3) is 0 Å². The first-order valence-corrected chi connectivity index (χ1v) is 6.88. The molecule has 8 heteroatoms. The number of hydrogen-bond acceptors (Lipinski definition) is 3. The highest BCUT2D eigenvalue weighted by Crippen LogP contribution is 2.33. The third kappa shape index (κ3) is 2.56. The van der Waals surface area contributed by atoms with Crippen molar-refractivity contribution in [2.24, 2.45) is 0 Å². The maximum atomic E-state index is 14.1. The van der Waals surface area contributed by atoms with Crippen molar-refractivity contribution in [2.45, 2.75) is 18.3 Å². The predicted octanol–water partition coefficient (Wildman–Crippen LogP) is 1.66. The third-order valence-electron chi connectivity index (χ3n) is 3.99. The van der Waals surface area contributed by atoms with Gasteiger partial charge in [-0.15, -0.1) is 0 Å². The van der Waals surface area contributed by atoms with E-state index in [1.165, 1.54) is 4.90 Å². The highest BCUT2D eigenvalue weighted by molar-refractivity contribution is 5.95. The van der Waals surface area contributed by atoms with Gasteiger partial charge in [0, 0.05) is 19.6 Å². The maximum absolute atomic E-state index is 14.1. The normalized spacial score (nSPS) is 25.2. The lowest BCUT2D eigenvalue weighted by atomic mass is 10.1. The van der Waals surface area contributed by atoms with E-state index in [0.29, 0.717) is 19.2 Å². The van der Waals surface area contributed by atoms with E-state index in [1.807, 2.05) is 0 Å². The molecule has 2 atom stereocenters. The highest BCUT2D eigenvalue weighted by atomic mass is 19.4. The summed E-state index contributed by atoms with van der Waals surface area (Å²) in [5.74, 6) is -2.25. The van der Waals surface area contributed by atoms with Crippen molar-refractivity contribution in [1.29, 1.82) is 0 Å². The Labute approximate surface area is 124 Å². The lowest BCUT2D eigenvalue weighted by Gasteiger charge is -2.37. The van der Waals surface area contributed by atoms with Gasteiger partial charge in [0.1, 0.15) is 5.82 Å². The summed E-state index contributed by atoms with van der Waals surface area (Å²) in [7, 11) is 0. The van der Waals surface area contributed by atoms with Gasteiger partial charge in [-0.2, -0.15) is 13.2 Å². The summed E-state index contributed by atoms with van der Waals surface area (Å²) in [6, 6.07) is 2.48. The van der Waals surface area contributed by atoms with Crippen molar-refractivity contribution in [2.75, 3.05) is 26.2 Å². The minimum absolute atomic E-state index is 0.202. The number of ether oxygens (including phenoxy) is 1. The molecule has 4 nitrogen and oxygen atoms in total. The second-order valence-electron chi connectivity index (χ2n) is 5.30. The molecule has 2 aliphatic rings. The van der Waals surface area contributed by atoms with Crippen LogP contribution in [0.4, 0.5) is 17.6 Å². The summed E-state index contributed by atoms with van der Waals surface area (Å²) in [5.41, 5.74) is -1.98. The Morgan fingerprint density at radius 3 is 2.82 bits per heavy atom. The molecule has 0 bridgehead atoms. The smallest absolute Gasteiger partial charge is 0.373 e. The van der Waals surface area contributed by atoms with Crippen molar-refractivity contribution < 1.29 is 27.1 Å². The van der Waals surface area contributed by atoms with Gasteiger partial charge in [-0.1, -0.05) is 6.07 Å². The molecule has 0 aromatic heterocycles. The van der Waals surface area contributed by atoms with Gasteiger partial charge >= 0.3 is 6.18 Å². The van der Waals surface area contributed by atoms with Gasteiger partial charge in [0.05, 0.1) is 29.9 Å². The molecule has 120 valence electrons. The van der Waals surface area contributed by atoms with Gasteiger partial charge in [-0.3, -0.25) is 4.79 Å². The van der Waals surface area contributed by atoms with Crippen LogP contribution in [0.15, 0.2) is 18.2 Å². The highest BCUT2D eigenvalue weighted by Gasteiger charge is 2.41. The van der Waals surface area contributed by atoms with E-state index in [2.05, 4.69) is 5.32 Å². The van der Waals surface area contributed by atoms with Crippen molar-refractivity contribution >= 4 is 5.91 Å². The van der Waals surface area contributed by atoms with E-state index >= 15 is 0 Å². The third-order valence-corrected chi connectivity index (χ3v) is 3.99. The van der Waals surface area contributed by atoms with Crippen LogP contribution in [-0.2, 0) is 10.9 Å². The number of morpholine rings is 1. The van der Waals surface area contributed by atoms with Crippen LogP contribution in [-0.4, -0.2) is 49.2 Å². The monoisotopic (exact) mass is 318 g/mol. The molecule has 0 spiro atoms. The number of carbonyl (C=O) groups excluding carboxylic acids is 1. The van der Waals surface area contributed by atoms with Gasteiger partial charge in [-0.25, -0.2) is 4.39 Å². The number of fused-ring (bicyclic) bond motifs is 1. The second kappa shape index (κ2) is 5.51. The summed E-state index contributed by atoms with van der Waals surface area (Å²) in [6.45, 7) is 1.57. The number of nitrogens with zero attached hydrogens (tertiary/aromatic N) is 1. The van der Waals surface area contributed by atoms with Crippen LogP contribution in [0.3, 0.4) is 0 Å². The molecular formula is C14H14F4N2O2. The average Bonchev–Trinajstić information content (AvgIpc) is 2.93. The molecule has 1 N–H and O–H groups in total. The molecule has 0 saturated carbocycles. The zero-order valence-electron chi connectivity index (χ0n) is 11.5. The Kier molecular flexibility index (Phi) is 3.82. The van der Waals surface area contributed by atoms with E-state index in [9.17, 15) is 22.4 Å². The SMILES string of the molecule is O=C(c1cccc(C(F)(F)F)c1F)N1CCO[C@H]2CNC[C@H]21. The molecule has 3 rings (SSSR count). The largest absolute Gasteiger partial charge is 0.419 e. The fourth-order valence-corrected chi connectivity index (χ4v) is 2.91. The first-order chi connectivity index (χ1) is 10.4. The lowest BCUT2D eigenvalue weighted by molar-refractivity contribution is -0.140. The quantitative estimate of drug-likeness (QED) is 0.801. The predicted molar refractivity (Wildman–Crippen MR) is 68.8 cm³/mol. The first-order valence-electron chi connectivity index (χ1n) is 6.88. The summed E-state index contributed by atoms with van der Waals surface area (Å²) < 4.78 is 57.9. The summed E-state index contributed by atoms with van der Waals surface area (Å²) in [6.07, 6.45) is -5.03. The van der Waals surface area contributed by atoms with E-state index < -0.39 is 29.0 Å². The number of benzene rings is 1. The van der Waals surface area contributed by atoms with E-state index in [0.717, 1.165) is 12.1 Å². The Morgan fingerprint density at radius 1 is 1.32 bits per heavy atom. The fraction of sp³-hybridized carbons (Fsp3) is 0.500. The van der Waals surface area contributed by atoms with Crippen LogP contribution >= 0.6 is 0 Å². The zero-order chi connectivity index (χ0) is 15.9. The van der Waals surface area contributed by atoms with Crippen LogP contribution in [0.5, 0.6) is 0 Å². The van der Waals surface area contributed by atoms with Crippen molar-refractivity contribution in [3.63, 3.8) is 0 Å². The van der Waals surface area contributed by atoms with E-state index in [-0.39, 0.29) is 25.3 Å². The van der Waals surface area contributed by atoms with Crippen molar-refractivity contribution in [3.05, 3.63) is 35.1 Å². The molecule has 2 saturated heterocycles. The number of halogens is 4. The topological polar surface area (TPSA) is 41.6 Å². The maximum Gasteiger partial charge on any atom is 0.419 e. The summed E-state index contributed by atoms with van der Waals surface area (Å²) in [5, 5.41) is 3.06. The molecule has 0 radical (unpaired) electrons. The molecule has 0 aliphatic carbocycles. The number of nitrogens with one attached hydrogen (secondary N) is 1. The number of amides is 1. The number of alkyl halides is 3. The molecule has 1 aromatic carbocycles. The van der Waals surface area contributed by atoms with E-state index in [4.69, 9.17) is 4.74 Å². The Balaban J connectivity index is 1.92. The molecule has 0 unspecified atom stereocenters. The van der Waals surface area contributed by atoms with E-state index in [1.54, 1.807) is 0 Å². The zero-order valence-corrected chi connectivity index (χ0v) is 11.5. The van der Waals surface area contributed by atoms with Gasteiger partial charge in [-0.05, 0) is 12.1 Å². The standard InChI is InChI=1S/C14H14F4N2O2/c15-12-8(2-1-3-9(12)14(16,17)18)13(21)20-4-5-22-11-7-19-6-10(11)20/h1-3,10-11,19H,4-7H2/t10-,11+/m1/s1. The molecule has 22 heavy (non-hydrogen) atoms. The minimum Gasteiger partial charge on any atom is -0.373 e. The molecular weight excluding hydrogens is 304 g/mol. The second-order valence-corrected chi connectivity index (χ2v) is 5.30. The minimum atomic E-state index is -4.83. The van der Waals surface area contributed by atoms with Crippen LogP contribution in [0.2, 0.25) is 0 Å². The van der Waals surface area contributed by atoms with Crippen LogP contribution in [0.1, 0.15) is 15.9 Å². The molecule has 2 heterocycles. The Bertz CT molecular complexity index is 591. The summed E-state index contributed by atoms with van der Waals surface area (Å²) in [4.78, 5) is 13.9. The van der Waals surface area contributed by atoms with Crippen LogP contribution < -0.4 is 5.32 Å². The van der Waals surface area contributed by atoms with Crippen molar-refractivity contribution in [3.8, 4) is 0 Å². The number of rotatable bonds is 1. The van der Waals surface area contributed by atoms with Crippen LogP contribution in [0, 0.1) is 5.82 Å².